The third-order valence-corrected chi connectivity index (χ3v) is 4.02. The van der Waals surface area contributed by atoms with Crippen LogP contribution in [-0.2, 0) is 10.0 Å². The molecule has 0 bridgehead atoms. The smallest absolute Gasteiger partial charge is 0.320 e. The first-order valence-corrected chi connectivity index (χ1v) is 7.01. The molecule has 2 aromatic rings. The average Bonchev–Trinajstić information content (AvgIpc) is 2.73. The number of nitrogens with zero attached hydrogens (tertiary/aromatic N) is 2. The van der Waals surface area contributed by atoms with Crippen LogP contribution in [-0.4, -0.2) is 36.7 Å². The number of nitrogens with two attached hydrogens (primary N) is 1. The predicted octanol–water partition coefficient (Wildman–Crippen LogP) is 1.10. The second-order valence-corrected chi connectivity index (χ2v) is 5.80. The van der Waals surface area contributed by atoms with Crippen molar-refractivity contribution in [2.45, 2.75) is 17.4 Å². The first-order valence-electron chi connectivity index (χ1n) is 5.53. The second-order valence-electron chi connectivity index (χ2n) is 4.12. The zero-order valence-electron chi connectivity index (χ0n) is 10.3. The highest BCUT2D eigenvalue weighted by molar-refractivity contribution is 7.89. The van der Waals surface area contributed by atoms with Gasteiger partial charge in [0, 0.05) is 6.20 Å². The number of sulfonamides is 1. The van der Waals surface area contributed by atoms with Gasteiger partial charge in [-0.1, -0.05) is 6.07 Å². The molecule has 0 aliphatic rings. The van der Waals surface area contributed by atoms with E-state index in [9.17, 15) is 26.0 Å². The minimum atomic E-state index is -4.53. The maximum Gasteiger partial charge on any atom is 0.320 e. The molecule has 0 amide bonds. The van der Waals surface area contributed by atoms with Gasteiger partial charge in [-0.2, -0.15) is 8.78 Å². The van der Waals surface area contributed by atoms with Crippen molar-refractivity contribution in [1.82, 2.24) is 14.1 Å². The van der Waals surface area contributed by atoms with E-state index < -0.39 is 39.8 Å². The minimum absolute atomic E-state index is 0.177. The van der Waals surface area contributed by atoms with E-state index in [0.717, 1.165) is 4.40 Å². The molecule has 11 heteroatoms. The lowest BCUT2D eigenvalue weighted by Crippen LogP contribution is -2.41. The summed E-state index contributed by atoms with van der Waals surface area (Å²) in [5, 5.41) is -0.580. The Morgan fingerprint density at radius 1 is 1.38 bits per heavy atom. The van der Waals surface area contributed by atoms with Gasteiger partial charge in [-0.3, -0.25) is 4.40 Å². The summed E-state index contributed by atoms with van der Waals surface area (Å²) in [6, 6.07) is 4.49. The van der Waals surface area contributed by atoms with E-state index >= 15 is 0 Å². The van der Waals surface area contributed by atoms with E-state index in [1.165, 1.54) is 23.1 Å². The Balaban J connectivity index is 2.37. The molecule has 2 aromatic heterocycles. The van der Waals surface area contributed by atoms with Gasteiger partial charge in [0.25, 0.3) is 10.0 Å². The summed E-state index contributed by atoms with van der Waals surface area (Å²) in [6.45, 7) is -1.74. The average molecular weight is 326 g/mol. The Bertz CT molecular complexity index is 760. The van der Waals surface area contributed by atoms with Crippen molar-refractivity contribution in [3.63, 3.8) is 0 Å². The van der Waals surface area contributed by atoms with Crippen LogP contribution in [0.25, 0.3) is 5.65 Å². The third-order valence-electron chi connectivity index (χ3n) is 2.58. The predicted molar refractivity (Wildman–Crippen MR) is 65.7 cm³/mol. The number of pyridine rings is 1. The number of hydrogen-bond donors (Lipinski definition) is 2. The Labute approximate surface area is 116 Å². The molecule has 0 spiro atoms. The van der Waals surface area contributed by atoms with Crippen LogP contribution in [0.5, 0.6) is 0 Å². The molecule has 6 nitrogen and oxygen atoms in total. The molecule has 0 radical (unpaired) electrons. The van der Waals surface area contributed by atoms with Gasteiger partial charge in [-0.15, -0.1) is 0 Å². The Morgan fingerprint density at radius 3 is 2.67 bits per heavy atom. The molecule has 0 aliphatic heterocycles. The molecule has 21 heavy (non-hydrogen) atoms. The Morgan fingerprint density at radius 2 is 2.05 bits per heavy atom. The molecule has 0 atom stereocenters. The molecule has 2 heterocycles. The van der Waals surface area contributed by atoms with Crippen LogP contribution in [0.4, 0.5) is 23.4 Å². The first kappa shape index (κ1) is 15.5. The minimum Gasteiger partial charge on any atom is -0.381 e. The molecule has 3 N–H and O–H groups in total. The number of fused-ring (bicyclic) bond motifs is 1. The highest BCUT2D eigenvalue weighted by Crippen LogP contribution is 2.24. The molecule has 0 saturated heterocycles. The maximum absolute atomic E-state index is 12.8. The van der Waals surface area contributed by atoms with Crippen molar-refractivity contribution in [3.05, 3.63) is 24.4 Å². The summed E-state index contributed by atoms with van der Waals surface area (Å²) in [7, 11) is -4.53. The number of nitrogen functional groups attached to an aromatic ring is 1. The zero-order valence-corrected chi connectivity index (χ0v) is 11.1. The van der Waals surface area contributed by atoms with Gasteiger partial charge in [0.05, 0.1) is 6.54 Å². The van der Waals surface area contributed by atoms with Crippen LogP contribution >= 0.6 is 0 Å². The lowest BCUT2D eigenvalue weighted by atomic mass is 10.4. The number of halogens is 4. The number of hydrogen-bond acceptors (Lipinski definition) is 4. The SMILES string of the molecule is Nc1nc2ccccn2c1S(=O)(=O)NCC(F)(F)C(F)F. The fourth-order valence-corrected chi connectivity index (χ4v) is 2.85. The lowest BCUT2D eigenvalue weighted by molar-refractivity contribution is -0.122. The van der Waals surface area contributed by atoms with Crippen LogP contribution in [0, 0.1) is 0 Å². The maximum atomic E-state index is 12.8. The lowest BCUT2D eigenvalue weighted by Gasteiger charge is -2.15. The van der Waals surface area contributed by atoms with Crippen LogP contribution < -0.4 is 10.5 Å². The standard InChI is InChI=1S/C10H10F4N4O2S/c11-9(12)10(13,14)5-16-21(19,20)8-7(15)17-6-3-1-2-4-18(6)8/h1-4,9,16H,5,15H2. The van der Waals surface area contributed by atoms with Crippen molar-refractivity contribution in [2.24, 2.45) is 0 Å². The van der Waals surface area contributed by atoms with Crippen LogP contribution in [0.1, 0.15) is 0 Å². The van der Waals surface area contributed by atoms with E-state index in [1.54, 1.807) is 6.07 Å². The van der Waals surface area contributed by atoms with Gasteiger partial charge >= 0.3 is 12.3 Å². The molecule has 0 fully saturated rings. The number of alkyl halides is 4. The fourth-order valence-electron chi connectivity index (χ4n) is 1.60. The van der Waals surface area contributed by atoms with Crippen molar-refractivity contribution in [2.75, 3.05) is 12.3 Å². The van der Waals surface area contributed by atoms with Gasteiger partial charge in [-0.25, -0.2) is 26.9 Å². The largest absolute Gasteiger partial charge is 0.381 e. The highest BCUT2D eigenvalue weighted by atomic mass is 32.2. The van der Waals surface area contributed by atoms with Gasteiger partial charge in [0.1, 0.15) is 5.65 Å². The Kier molecular flexibility index (Phi) is 3.80. The topological polar surface area (TPSA) is 89.5 Å². The Hall–Kier alpha value is -1.88. The molecule has 0 saturated carbocycles. The summed E-state index contributed by atoms with van der Waals surface area (Å²) in [6.07, 6.45) is -2.68. The van der Waals surface area contributed by atoms with Crippen molar-refractivity contribution in [3.8, 4) is 0 Å². The molecule has 116 valence electrons. The quantitative estimate of drug-likeness (QED) is 0.805. The molecule has 0 aliphatic carbocycles. The third kappa shape index (κ3) is 2.93. The summed E-state index contributed by atoms with van der Waals surface area (Å²) in [4.78, 5) is 3.74. The van der Waals surface area contributed by atoms with E-state index in [4.69, 9.17) is 5.73 Å². The normalized spacial score (nSPS) is 13.2. The van der Waals surface area contributed by atoms with E-state index in [1.807, 2.05) is 0 Å². The number of aromatic nitrogens is 2. The van der Waals surface area contributed by atoms with Crippen LogP contribution in [0.2, 0.25) is 0 Å². The monoisotopic (exact) mass is 326 g/mol. The van der Waals surface area contributed by atoms with E-state index in [2.05, 4.69) is 4.98 Å². The molecular formula is C10H10F4N4O2S. The number of anilines is 1. The number of rotatable bonds is 5. The van der Waals surface area contributed by atoms with Crippen molar-refractivity contribution >= 4 is 21.5 Å². The van der Waals surface area contributed by atoms with Gasteiger partial charge < -0.3 is 5.73 Å². The van der Waals surface area contributed by atoms with E-state index in [0.29, 0.717) is 0 Å². The second kappa shape index (κ2) is 5.15. The fraction of sp³-hybridized carbons (Fsp3) is 0.300. The molecular weight excluding hydrogens is 316 g/mol. The van der Waals surface area contributed by atoms with Gasteiger partial charge in [0.15, 0.2) is 10.8 Å². The summed E-state index contributed by atoms with van der Waals surface area (Å²) >= 11 is 0. The van der Waals surface area contributed by atoms with Crippen molar-refractivity contribution < 1.29 is 26.0 Å². The van der Waals surface area contributed by atoms with Gasteiger partial charge in [-0.05, 0) is 12.1 Å². The van der Waals surface area contributed by atoms with Crippen LogP contribution in [0.3, 0.4) is 0 Å². The van der Waals surface area contributed by atoms with Gasteiger partial charge in [0.2, 0.25) is 0 Å². The first-order chi connectivity index (χ1) is 9.65. The van der Waals surface area contributed by atoms with Crippen LogP contribution in [0.15, 0.2) is 29.4 Å². The summed E-state index contributed by atoms with van der Waals surface area (Å²) in [5.41, 5.74) is 5.63. The zero-order chi connectivity index (χ0) is 15.8. The molecule has 0 unspecified atom stereocenters. The van der Waals surface area contributed by atoms with Crippen molar-refractivity contribution in [1.29, 1.82) is 0 Å². The summed E-state index contributed by atoms with van der Waals surface area (Å²) in [5.74, 6) is -4.91. The summed E-state index contributed by atoms with van der Waals surface area (Å²) < 4.78 is 76.1. The van der Waals surface area contributed by atoms with E-state index in [-0.39, 0.29) is 5.65 Å². The number of nitrogens with one attached hydrogen (secondary N) is 1. The number of imidazole rings is 1. The molecule has 2 rings (SSSR count). The highest BCUT2D eigenvalue weighted by Gasteiger charge is 2.42. The molecule has 0 aromatic carbocycles.